The Balaban J connectivity index is 1.52. The van der Waals surface area contributed by atoms with Crippen LogP contribution in [0.15, 0.2) is 71.3 Å². The molecule has 0 aliphatic carbocycles. The highest BCUT2D eigenvalue weighted by atomic mass is 32.2. The number of benzene rings is 2. The van der Waals surface area contributed by atoms with E-state index >= 15 is 0 Å². The Morgan fingerprint density at radius 3 is 2.37 bits per heavy atom. The summed E-state index contributed by atoms with van der Waals surface area (Å²) in [6, 6.07) is 19.1. The van der Waals surface area contributed by atoms with Crippen LogP contribution < -0.4 is 10.2 Å². The number of rotatable bonds is 4. The number of nitrogens with one attached hydrogen (secondary N) is 1. The van der Waals surface area contributed by atoms with Crippen LogP contribution >= 0.6 is 11.8 Å². The lowest BCUT2D eigenvalue weighted by molar-refractivity contribution is -0.115. The first-order valence-corrected chi connectivity index (χ1v) is 10.9. The number of amides is 2. The number of hydrogen-bond donors (Lipinski definition) is 1. The highest BCUT2D eigenvalue weighted by Crippen LogP contribution is 2.42. The molecule has 2 heterocycles. The lowest BCUT2D eigenvalue weighted by Crippen LogP contribution is -2.28. The number of carbonyl (C=O) groups is 2. The molecule has 1 N–H and O–H groups in total. The maximum atomic E-state index is 12.6. The molecule has 1 aliphatic rings. The Labute approximate surface area is 180 Å². The van der Waals surface area contributed by atoms with Gasteiger partial charge in [-0.3, -0.25) is 14.5 Å². The molecule has 3 aromatic rings. The molecule has 5 nitrogen and oxygen atoms in total. The van der Waals surface area contributed by atoms with Gasteiger partial charge < -0.3 is 9.73 Å². The smallest absolute Gasteiger partial charge is 0.291 e. The monoisotopic (exact) mass is 420 g/mol. The third-order valence-electron chi connectivity index (χ3n) is 5.08. The van der Waals surface area contributed by atoms with Gasteiger partial charge in [-0.05, 0) is 52.9 Å². The number of hydrogen-bond acceptors (Lipinski definition) is 4. The second-order valence-corrected chi connectivity index (χ2v) is 9.35. The zero-order valence-corrected chi connectivity index (χ0v) is 18.0. The second kappa shape index (κ2) is 8.03. The lowest BCUT2D eigenvalue weighted by atomic mass is 9.87. The summed E-state index contributed by atoms with van der Waals surface area (Å²) in [5, 5.41) is 2.72. The van der Waals surface area contributed by atoms with Crippen molar-refractivity contribution in [1.29, 1.82) is 0 Å². The summed E-state index contributed by atoms with van der Waals surface area (Å²) in [7, 11) is 0. The van der Waals surface area contributed by atoms with Crippen molar-refractivity contribution in [2.24, 2.45) is 0 Å². The van der Waals surface area contributed by atoms with Crippen LogP contribution in [0, 0.1) is 0 Å². The normalized spacial score (nSPS) is 16.7. The first-order chi connectivity index (χ1) is 14.3. The molecule has 154 valence electrons. The van der Waals surface area contributed by atoms with E-state index in [4.69, 9.17) is 4.42 Å². The molecule has 1 fully saturated rings. The van der Waals surface area contributed by atoms with Gasteiger partial charge in [0.05, 0.1) is 12.0 Å². The first kappa shape index (κ1) is 20.3. The summed E-state index contributed by atoms with van der Waals surface area (Å²) in [6.45, 7) is 6.52. The Morgan fingerprint density at radius 2 is 1.77 bits per heavy atom. The van der Waals surface area contributed by atoms with Crippen LogP contribution in [0.5, 0.6) is 0 Å². The van der Waals surface area contributed by atoms with Crippen LogP contribution in [0.3, 0.4) is 0 Å². The minimum atomic E-state index is -0.293. The van der Waals surface area contributed by atoms with Crippen molar-refractivity contribution in [3.8, 4) is 0 Å². The zero-order valence-electron chi connectivity index (χ0n) is 17.2. The van der Waals surface area contributed by atoms with Crippen molar-refractivity contribution >= 4 is 35.0 Å². The largest absolute Gasteiger partial charge is 0.459 e. The molecule has 4 rings (SSSR count). The van der Waals surface area contributed by atoms with Crippen LogP contribution in [0.4, 0.5) is 11.4 Å². The lowest BCUT2D eigenvalue weighted by Gasteiger charge is -2.26. The fraction of sp³-hybridized carbons (Fsp3) is 0.250. The molecule has 0 saturated carbocycles. The average molecular weight is 421 g/mol. The van der Waals surface area contributed by atoms with E-state index in [-0.39, 0.29) is 28.4 Å². The van der Waals surface area contributed by atoms with Crippen LogP contribution in [-0.4, -0.2) is 17.6 Å². The van der Waals surface area contributed by atoms with Crippen LogP contribution in [0.25, 0.3) is 0 Å². The molecule has 0 spiro atoms. The van der Waals surface area contributed by atoms with Gasteiger partial charge >= 0.3 is 0 Å². The standard InChI is InChI=1S/C24H24N2O3S/c1-24(2,3)17-8-12-19(13-9-17)26-21(27)15-30-23(26)16-6-10-18(11-7-16)25-22(28)20-5-4-14-29-20/h4-14,23H,15H2,1-3H3,(H,25,28). The highest BCUT2D eigenvalue weighted by molar-refractivity contribution is 8.00. The van der Waals surface area contributed by atoms with Crippen molar-refractivity contribution in [2.75, 3.05) is 16.0 Å². The minimum absolute atomic E-state index is 0.0671. The molecule has 2 aromatic carbocycles. The molecule has 1 atom stereocenters. The van der Waals surface area contributed by atoms with E-state index in [0.29, 0.717) is 11.4 Å². The molecule has 0 bridgehead atoms. The number of thioether (sulfide) groups is 1. The van der Waals surface area contributed by atoms with E-state index in [9.17, 15) is 9.59 Å². The van der Waals surface area contributed by atoms with E-state index in [1.807, 2.05) is 41.3 Å². The van der Waals surface area contributed by atoms with E-state index in [1.54, 1.807) is 23.9 Å². The van der Waals surface area contributed by atoms with Gasteiger partial charge in [-0.15, -0.1) is 11.8 Å². The molecule has 2 amide bonds. The minimum Gasteiger partial charge on any atom is -0.459 e. The van der Waals surface area contributed by atoms with E-state index in [1.165, 1.54) is 11.8 Å². The quantitative estimate of drug-likeness (QED) is 0.596. The van der Waals surface area contributed by atoms with Crippen LogP contribution in [0.1, 0.15) is 47.8 Å². The molecule has 1 aliphatic heterocycles. The van der Waals surface area contributed by atoms with E-state index in [0.717, 1.165) is 11.3 Å². The van der Waals surface area contributed by atoms with Gasteiger partial charge in [-0.25, -0.2) is 0 Å². The molecule has 0 radical (unpaired) electrons. The number of furan rings is 1. The van der Waals surface area contributed by atoms with Crippen LogP contribution in [-0.2, 0) is 10.2 Å². The topological polar surface area (TPSA) is 62.6 Å². The summed E-state index contributed by atoms with van der Waals surface area (Å²) in [4.78, 5) is 26.6. The number of carbonyl (C=O) groups excluding carboxylic acids is 2. The molecule has 6 heteroatoms. The molecular formula is C24H24N2O3S. The zero-order chi connectivity index (χ0) is 21.3. The summed E-state index contributed by atoms with van der Waals surface area (Å²) >= 11 is 1.61. The molecular weight excluding hydrogens is 396 g/mol. The summed E-state index contributed by atoms with van der Waals surface area (Å²) < 4.78 is 5.12. The highest BCUT2D eigenvalue weighted by Gasteiger charge is 2.34. The van der Waals surface area contributed by atoms with Crippen molar-refractivity contribution in [1.82, 2.24) is 0 Å². The number of nitrogens with zero attached hydrogens (tertiary/aromatic N) is 1. The van der Waals surface area contributed by atoms with E-state index in [2.05, 4.69) is 38.2 Å². The maximum Gasteiger partial charge on any atom is 0.291 e. The average Bonchev–Trinajstić information content (AvgIpc) is 3.38. The Bertz CT molecular complexity index is 1040. The fourth-order valence-corrected chi connectivity index (χ4v) is 4.58. The Hall–Kier alpha value is -2.99. The summed E-state index contributed by atoms with van der Waals surface area (Å²) in [6.07, 6.45) is 1.47. The predicted molar refractivity (Wildman–Crippen MR) is 121 cm³/mol. The van der Waals surface area contributed by atoms with Gasteiger partial charge in [0.2, 0.25) is 5.91 Å². The van der Waals surface area contributed by atoms with Gasteiger partial charge in [0.15, 0.2) is 5.76 Å². The molecule has 1 aromatic heterocycles. The number of anilines is 2. The van der Waals surface area contributed by atoms with E-state index < -0.39 is 0 Å². The van der Waals surface area contributed by atoms with Gasteiger partial charge in [-0.1, -0.05) is 45.0 Å². The third kappa shape index (κ3) is 4.14. The van der Waals surface area contributed by atoms with Gasteiger partial charge in [0.25, 0.3) is 5.91 Å². The van der Waals surface area contributed by atoms with Crippen molar-refractivity contribution < 1.29 is 14.0 Å². The van der Waals surface area contributed by atoms with Gasteiger partial charge in [-0.2, -0.15) is 0 Å². The summed E-state index contributed by atoms with van der Waals surface area (Å²) in [5.74, 6) is 0.520. The molecule has 1 saturated heterocycles. The van der Waals surface area contributed by atoms with Crippen molar-refractivity contribution in [3.05, 3.63) is 83.8 Å². The van der Waals surface area contributed by atoms with Crippen molar-refractivity contribution in [2.45, 2.75) is 31.6 Å². The first-order valence-electron chi connectivity index (χ1n) is 9.82. The Kier molecular flexibility index (Phi) is 5.43. The van der Waals surface area contributed by atoms with Crippen LogP contribution in [0.2, 0.25) is 0 Å². The predicted octanol–water partition coefficient (Wildman–Crippen LogP) is 5.61. The SMILES string of the molecule is CC(C)(C)c1ccc(N2C(=O)CSC2c2ccc(NC(=O)c3ccco3)cc2)cc1. The fourth-order valence-electron chi connectivity index (χ4n) is 3.40. The third-order valence-corrected chi connectivity index (χ3v) is 6.29. The Morgan fingerprint density at radius 1 is 1.07 bits per heavy atom. The summed E-state index contributed by atoms with van der Waals surface area (Å²) in [5.41, 5.74) is 3.90. The second-order valence-electron chi connectivity index (χ2n) is 8.28. The molecule has 1 unspecified atom stereocenters. The maximum absolute atomic E-state index is 12.6. The molecule has 30 heavy (non-hydrogen) atoms. The van der Waals surface area contributed by atoms with Gasteiger partial charge in [0.1, 0.15) is 5.37 Å². The van der Waals surface area contributed by atoms with Crippen molar-refractivity contribution in [3.63, 3.8) is 0 Å². The van der Waals surface area contributed by atoms with Gasteiger partial charge in [0, 0.05) is 11.4 Å².